The molecule has 1 aliphatic heterocycles. The van der Waals surface area contributed by atoms with Crippen LogP contribution in [-0.4, -0.2) is 19.1 Å². The molecule has 0 aliphatic carbocycles. The molecule has 1 rings (SSSR count). The predicted molar refractivity (Wildman–Crippen MR) is 51.2 cm³/mol. The summed E-state index contributed by atoms with van der Waals surface area (Å²) in [7, 11) is 0. The number of hydrogen-bond acceptors (Lipinski definition) is 3. The molecule has 0 atom stereocenters. The quantitative estimate of drug-likeness (QED) is 0.533. The molecule has 1 saturated heterocycles. The first kappa shape index (κ1) is 10.1. The number of rotatable bonds is 3. The van der Waals surface area contributed by atoms with Crippen molar-refractivity contribution in [1.29, 1.82) is 0 Å². The van der Waals surface area contributed by atoms with Crippen LogP contribution in [0.5, 0.6) is 0 Å². The van der Waals surface area contributed by atoms with Gasteiger partial charge in [0.1, 0.15) is 0 Å². The van der Waals surface area contributed by atoms with Gasteiger partial charge in [-0.15, -0.1) is 0 Å². The van der Waals surface area contributed by atoms with E-state index < -0.39 is 0 Å². The minimum Gasteiger partial charge on any atom is -0.463 e. The van der Waals surface area contributed by atoms with Gasteiger partial charge in [-0.1, -0.05) is 6.92 Å². The van der Waals surface area contributed by atoms with Gasteiger partial charge in [-0.25, -0.2) is 4.79 Å². The van der Waals surface area contributed by atoms with E-state index in [1.807, 2.05) is 13.8 Å². The number of carbonyl (C=O) groups is 1. The molecule has 1 heterocycles. The summed E-state index contributed by atoms with van der Waals surface area (Å²) < 4.78 is 4.97. The van der Waals surface area contributed by atoms with Crippen LogP contribution in [0.2, 0.25) is 0 Å². The zero-order chi connectivity index (χ0) is 9.68. The number of allylic oxidation sites excluding steroid dienone is 1. The SMILES string of the molecule is CCOC(=O)/C(CC)=C1\CCCN1. The van der Waals surface area contributed by atoms with E-state index in [1.165, 1.54) is 0 Å². The number of ether oxygens (including phenoxy) is 1. The van der Waals surface area contributed by atoms with Crippen molar-refractivity contribution in [3.05, 3.63) is 11.3 Å². The maximum atomic E-state index is 11.4. The predicted octanol–water partition coefficient (Wildman–Crippen LogP) is 1.60. The highest BCUT2D eigenvalue weighted by Gasteiger charge is 2.17. The number of carbonyl (C=O) groups excluding carboxylic acids is 1. The van der Waals surface area contributed by atoms with Crippen LogP contribution in [0.4, 0.5) is 0 Å². The van der Waals surface area contributed by atoms with Crippen LogP contribution in [0, 0.1) is 0 Å². The molecule has 0 spiro atoms. The van der Waals surface area contributed by atoms with Gasteiger partial charge in [0, 0.05) is 12.2 Å². The molecule has 0 bridgehead atoms. The maximum absolute atomic E-state index is 11.4. The molecule has 3 heteroatoms. The van der Waals surface area contributed by atoms with Gasteiger partial charge >= 0.3 is 5.97 Å². The van der Waals surface area contributed by atoms with Crippen molar-refractivity contribution in [2.24, 2.45) is 0 Å². The van der Waals surface area contributed by atoms with Crippen LogP contribution >= 0.6 is 0 Å². The van der Waals surface area contributed by atoms with Crippen LogP contribution < -0.4 is 5.32 Å². The van der Waals surface area contributed by atoms with E-state index in [2.05, 4.69) is 5.32 Å². The van der Waals surface area contributed by atoms with Gasteiger partial charge in [-0.3, -0.25) is 0 Å². The van der Waals surface area contributed by atoms with Crippen molar-refractivity contribution in [2.75, 3.05) is 13.2 Å². The molecular formula is C10H17NO2. The summed E-state index contributed by atoms with van der Waals surface area (Å²) >= 11 is 0. The lowest BCUT2D eigenvalue weighted by atomic mass is 10.1. The topological polar surface area (TPSA) is 38.3 Å². The van der Waals surface area contributed by atoms with Crippen molar-refractivity contribution < 1.29 is 9.53 Å². The lowest BCUT2D eigenvalue weighted by Crippen LogP contribution is -2.14. The number of hydrogen-bond donors (Lipinski definition) is 1. The molecule has 13 heavy (non-hydrogen) atoms. The molecule has 1 aliphatic rings. The Morgan fingerprint density at radius 3 is 2.77 bits per heavy atom. The first-order valence-corrected chi connectivity index (χ1v) is 4.92. The summed E-state index contributed by atoms with van der Waals surface area (Å²) in [6, 6.07) is 0. The first-order valence-electron chi connectivity index (χ1n) is 4.92. The van der Waals surface area contributed by atoms with Crippen LogP contribution in [0.3, 0.4) is 0 Å². The van der Waals surface area contributed by atoms with Crippen molar-refractivity contribution >= 4 is 5.97 Å². The lowest BCUT2D eigenvalue weighted by Gasteiger charge is -2.08. The normalized spacial score (nSPS) is 19.5. The molecule has 0 unspecified atom stereocenters. The minimum absolute atomic E-state index is 0.158. The largest absolute Gasteiger partial charge is 0.463 e. The van der Waals surface area contributed by atoms with E-state index in [4.69, 9.17) is 4.74 Å². The molecule has 0 amide bonds. The van der Waals surface area contributed by atoms with Gasteiger partial charge in [0.15, 0.2) is 0 Å². The third-order valence-electron chi connectivity index (χ3n) is 2.18. The van der Waals surface area contributed by atoms with Crippen LogP contribution in [-0.2, 0) is 9.53 Å². The molecule has 74 valence electrons. The van der Waals surface area contributed by atoms with E-state index in [1.54, 1.807) is 0 Å². The Morgan fingerprint density at radius 1 is 1.54 bits per heavy atom. The molecule has 1 fully saturated rings. The minimum atomic E-state index is -0.158. The monoisotopic (exact) mass is 183 g/mol. The van der Waals surface area contributed by atoms with Crippen molar-refractivity contribution in [2.45, 2.75) is 33.1 Å². The molecule has 0 aromatic rings. The Hall–Kier alpha value is -0.990. The average Bonchev–Trinajstić information content (AvgIpc) is 2.59. The second-order valence-corrected chi connectivity index (χ2v) is 3.06. The van der Waals surface area contributed by atoms with E-state index >= 15 is 0 Å². The van der Waals surface area contributed by atoms with Gasteiger partial charge in [0.2, 0.25) is 0 Å². The second-order valence-electron chi connectivity index (χ2n) is 3.06. The highest BCUT2D eigenvalue weighted by molar-refractivity contribution is 5.89. The summed E-state index contributed by atoms with van der Waals surface area (Å²) in [5.74, 6) is -0.158. The van der Waals surface area contributed by atoms with Crippen molar-refractivity contribution in [3.63, 3.8) is 0 Å². The highest BCUT2D eigenvalue weighted by atomic mass is 16.5. The Labute approximate surface area is 79.2 Å². The third kappa shape index (κ3) is 2.47. The van der Waals surface area contributed by atoms with Gasteiger partial charge < -0.3 is 10.1 Å². The molecule has 3 nitrogen and oxygen atoms in total. The van der Waals surface area contributed by atoms with Crippen LogP contribution in [0.25, 0.3) is 0 Å². The van der Waals surface area contributed by atoms with Crippen LogP contribution in [0.1, 0.15) is 33.1 Å². The van der Waals surface area contributed by atoms with E-state index in [9.17, 15) is 4.79 Å². The fourth-order valence-corrected chi connectivity index (χ4v) is 1.55. The molecule has 0 aromatic heterocycles. The Morgan fingerprint density at radius 2 is 2.31 bits per heavy atom. The Kier molecular flexibility index (Phi) is 3.80. The zero-order valence-corrected chi connectivity index (χ0v) is 8.35. The van der Waals surface area contributed by atoms with Crippen molar-refractivity contribution in [3.8, 4) is 0 Å². The van der Waals surface area contributed by atoms with Gasteiger partial charge in [-0.2, -0.15) is 0 Å². The van der Waals surface area contributed by atoms with E-state index in [0.29, 0.717) is 6.61 Å². The molecule has 1 N–H and O–H groups in total. The van der Waals surface area contributed by atoms with Crippen molar-refractivity contribution in [1.82, 2.24) is 5.32 Å². The molecule has 0 saturated carbocycles. The van der Waals surface area contributed by atoms with E-state index in [0.717, 1.165) is 37.1 Å². The fourth-order valence-electron chi connectivity index (χ4n) is 1.55. The maximum Gasteiger partial charge on any atom is 0.335 e. The molecular weight excluding hydrogens is 166 g/mol. The number of nitrogens with one attached hydrogen (secondary N) is 1. The average molecular weight is 183 g/mol. The molecule has 0 aromatic carbocycles. The summed E-state index contributed by atoms with van der Waals surface area (Å²) in [4.78, 5) is 11.4. The van der Waals surface area contributed by atoms with E-state index in [-0.39, 0.29) is 5.97 Å². The van der Waals surface area contributed by atoms with Crippen LogP contribution in [0.15, 0.2) is 11.3 Å². The van der Waals surface area contributed by atoms with Gasteiger partial charge in [0.05, 0.1) is 12.2 Å². The second kappa shape index (κ2) is 4.90. The standard InChI is InChI=1S/C10H17NO2/c1-3-8(10(12)13-4-2)9-6-5-7-11-9/h11H,3-7H2,1-2H3/b9-8+. The first-order chi connectivity index (χ1) is 6.29. The number of esters is 1. The summed E-state index contributed by atoms with van der Waals surface area (Å²) in [6.45, 7) is 5.25. The van der Waals surface area contributed by atoms with Gasteiger partial charge in [-0.05, 0) is 26.2 Å². The van der Waals surface area contributed by atoms with Gasteiger partial charge in [0.25, 0.3) is 0 Å². The summed E-state index contributed by atoms with van der Waals surface area (Å²) in [6.07, 6.45) is 2.86. The Balaban J connectivity index is 2.70. The smallest absolute Gasteiger partial charge is 0.335 e. The highest BCUT2D eigenvalue weighted by Crippen LogP contribution is 2.17. The summed E-state index contributed by atoms with van der Waals surface area (Å²) in [5.41, 5.74) is 1.90. The third-order valence-corrected chi connectivity index (χ3v) is 2.18. The Bertz CT molecular complexity index is 213. The molecule has 0 radical (unpaired) electrons. The lowest BCUT2D eigenvalue weighted by molar-refractivity contribution is -0.138. The summed E-state index contributed by atoms with van der Waals surface area (Å²) in [5, 5.41) is 3.23. The fraction of sp³-hybridized carbons (Fsp3) is 0.700. The zero-order valence-electron chi connectivity index (χ0n) is 8.35.